The fraction of sp³-hybridized carbons (Fsp3) is 0.190. The number of ether oxygens (including phenoxy) is 2. The summed E-state index contributed by atoms with van der Waals surface area (Å²) >= 11 is 0. The Morgan fingerprint density at radius 2 is 1.88 bits per heavy atom. The molecule has 0 saturated heterocycles. The van der Waals surface area contributed by atoms with Gasteiger partial charge < -0.3 is 19.9 Å². The zero-order valence-electron chi connectivity index (χ0n) is 17.4. The second kappa shape index (κ2) is 10.1. The molecule has 0 radical (unpaired) electrons. The second-order valence-electron chi connectivity index (χ2n) is 6.40. The number of hydrogen-bond donors (Lipinski definition) is 3. The fourth-order valence-corrected chi connectivity index (χ4v) is 4.06. The second-order valence-corrected chi connectivity index (χ2v) is 8.14. The van der Waals surface area contributed by atoms with Gasteiger partial charge in [0.1, 0.15) is 22.5 Å². The number of aliphatic hydroxyl groups excluding tert-OH is 1. The van der Waals surface area contributed by atoms with Crippen molar-refractivity contribution in [3.63, 3.8) is 0 Å². The number of aliphatic hydroxyl groups is 1. The average Bonchev–Trinajstić information content (AvgIpc) is 2.82. The third kappa shape index (κ3) is 5.12. The molecule has 0 atom stereocenters. The van der Waals surface area contributed by atoms with Crippen LogP contribution in [0.4, 0.5) is 11.6 Å². The van der Waals surface area contributed by atoms with Crippen molar-refractivity contribution in [2.45, 2.75) is 4.90 Å². The maximum atomic E-state index is 12.4. The third-order valence-corrected chi connectivity index (χ3v) is 5.88. The van der Waals surface area contributed by atoms with Crippen LogP contribution in [0.3, 0.4) is 0 Å². The van der Waals surface area contributed by atoms with Crippen molar-refractivity contribution < 1.29 is 23.0 Å². The van der Waals surface area contributed by atoms with E-state index in [1.807, 2.05) is 0 Å². The van der Waals surface area contributed by atoms with Crippen LogP contribution in [0.25, 0.3) is 11.3 Å². The fourth-order valence-electron chi connectivity index (χ4n) is 2.89. The number of nitriles is 1. The first-order chi connectivity index (χ1) is 15.4. The van der Waals surface area contributed by atoms with Crippen molar-refractivity contribution in [1.29, 1.82) is 5.26 Å². The predicted molar refractivity (Wildman–Crippen MR) is 117 cm³/mol. The highest BCUT2D eigenvalue weighted by Gasteiger charge is 2.19. The molecule has 0 saturated carbocycles. The van der Waals surface area contributed by atoms with Crippen LogP contribution in [0.1, 0.15) is 5.56 Å². The van der Waals surface area contributed by atoms with E-state index in [9.17, 15) is 13.7 Å². The van der Waals surface area contributed by atoms with Gasteiger partial charge in [0, 0.05) is 30.1 Å². The Kier molecular flexibility index (Phi) is 7.21. The molecule has 0 bridgehead atoms. The van der Waals surface area contributed by atoms with Crippen LogP contribution in [0, 0.1) is 11.3 Å². The van der Waals surface area contributed by atoms with Crippen molar-refractivity contribution in [3.8, 4) is 28.8 Å². The molecule has 1 aromatic heterocycles. The molecular formula is C21H21N5O5S. The Balaban J connectivity index is 1.88. The Bertz CT molecular complexity index is 1260. The van der Waals surface area contributed by atoms with Gasteiger partial charge in [-0.05, 0) is 36.4 Å². The molecule has 0 amide bonds. The summed E-state index contributed by atoms with van der Waals surface area (Å²) in [6, 6.07) is 13.4. The number of nitrogens with one attached hydrogen (secondary N) is 2. The molecule has 1 heterocycles. The molecule has 3 N–H and O–H groups in total. The number of rotatable bonds is 9. The highest BCUT2D eigenvalue weighted by molar-refractivity contribution is 7.89. The standard InChI is InChI=1S/C21H21N5O5S/c1-30-18-5-3-14(11-15(18)13-22)17-7-8-23-21(26-17)25-16-4-6-20(19(12-16)31-2)32(28,29)24-9-10-27/h3-8,11-12,24,27H,9-10H2,1-2H3,(H,23,25,26). The number of nitrogens with zero attached hydrogens (tertiary/aromatic N) is 3. The average molecular weight is 455 g/mol. The molecule has 166 valence electrons. The van der Waals surface area contributed by atoms with E-state index in [-0.39, 0.29) is 29.7 Å². The maximum absolute atomic E-state index is 12.4. The Labute approximate surface area is 185 Å². The normalized spacial score (nSPS) is 10.9. The van der Waals surface area contributed by atoms with Gasteiger partial charge in [0.2, 0.25) is 16.0 Å². The molecule has 0 aliphatic carbocycles. The molecule has 0 spiro atoms. The van der Waals surface area contributed by atoms with Gasteiger partial charge in [-0.2, -0.15) is 5.26 Å². The highest BCUT2D eigenvalue weighted by atomic mass is 32.2. The van der Waals surface area contributed by atoms with Gasteiger partial charge in [-0.25, -0.2) is 23.1 Å². The van der Waals surface area contributed by atoms with Crippen LogP contribution >= 0.6 is 0 Å². The van der Waals surface area contributed by atoms with E-state index in [2.05, 4.69) is 26.1 Å². The Morgan fingerprint density at radius 3 is 2.56 bits per heavy atom. The van der Waals surface area contributed by atoms with Crippen LogP contribution in [-0.2, 0) is 10.0 Å². The lowest BCUT2D eigenvalue weighted by atomic mass is 10.1. The van der Waals surface area contributed by atoms with Crippen LogP contribution in [0.15, 0.2) is 53.6 Å². The molecule has 0 aliphatic rings. The van der Waals surface area contributed by atoms with E-state index in [1.54, 1.807) is 36.5 Å². The largest absolute Gasteiger partial charge is 0.495 e. The minimum absolute atomic E-state index is 0.0593. The van der Waals surface area contributed by atoms with Crippen molar-refractivity contribution >= 4 is 21.7 Å². The van der Waals surface area contributed by atoms with Gasteiger partial charge in [0.25, 0.3) is 0 Å². The minimum atomic E-state index is -3.84. The topological polar surface area (TPSA) is 146 Å². The molecular weight excluding hydrogens is 434 g/mol. The molecule has 11 heteroatoms. The lowest BCUT2D eigenvalue weighted by molar-refractivity contribution is 0.301. The third-order valence-electron chi connectivity index (χ3n) is 4.38. The maximum Gasteiger partial charge on any atom is 0.244 e. The number of sulfonamides is 1. The van der Waals surface area contributed by atoms with Crippen molar-refractivity contribution in [2.24, 2.45) is 0 Å². The first kappa shape index (κ1) is 23.0. The monoisotopic (exact) mass is 455 g/mol. The van der Waals surface area contributed by atoms with Gasteiger partial charge in [0.15, 0.2) is 0 Å². The van der Waals surface area contributed by atoms with E-state index < -0.39 is 10.0 Å². The number of methoxy groups -OCH3 is 2. The lowest BCUT2D eigenvalue weighted by Gasteiger charge is -2.13. The van der Waals surface area contributed by atoms with E-state index in [0.717, 1.165) is 0 Å². The van der Waals surface area contributed by atoms with E-state index in [1.165, 1.54) is 26.4 Å². The summed E-state index contributed by atoms with van der Waals surface area (Å²) in [5.41, 5.74) is 2.19. The SMILES string of the molecule is COc1ccc(-c2ccnc(Nc3ccc(S(=O)(=O)NCCO)c(OC)c3)n2)cc1C#N. The molecule has 3 rings (SSSR count). The van der Waals surface area contributed by atoms with Crippen molar-refractivity contribution in [2.75, 3.05) is 32.7 Å². The van der Waals surface area contributed by atoms with Gasteiger partial charge >= 0.3 is 0 Å². The molecule has 10 nitrogen and oxygen atoms in total. The highest BCUT2D eigenvalue weighted by Crippen LogP contribution is 2.29. The van der Waals surface area contributed by atoms with Gasteiger partial charge in [-0.1, -0.05) is 0 Å². The summed E-state index contributed by atoms with van der Waals surface area (Å²) in [4.78, 5) is 8.60. The summed E-state index contributed by atoms with van der Waals surface area (Å²) in [5.74, 6) is 0.859. The Morgan fingerprint density at radius 1 is 1.09 bits per heavy atom. The molecule has 32 heavy (non-hydrogen) atoms. The summed E-state index contributed by atoms with van der Waals surface area (Å²) in [7, 11) is -0.986. The summed E-state index contributed by atoms with van der Waals surface area (Å²) in [6.07, 6.45) is 1.57. The van der Waals surface area contributed by atoms with Crippen LogP contribution in [-0.4, -0.2) is 50.9 Å². The zero-order valence-corrected chi connectivity index (χ0v) is 18.2. The zero-order chi connectivity index (χ0) is 23.1. The molecule has 2 aromatic carbocycles. The number of benzene rings is 2. The molecule has 0 aliphatic heterocycles. The van der Waals surface area contributed by atoms with E-state index in [4.69, 9.17) is 14.6 Å². The van der Waals surface area contributed by atoms with Gasteiger partial charge in [0.05, 0.1) is 32.1 Å². The van der Waals surface area contributed by atoms with Crippen molar-refractivity contribution in [1.82, 2.24) is 14.7 Å². The van der Waals surface area contributed by atoms with Crippen LogP contribution < -0.4 is 19.5 Å². The van der Waals surface area contributed by atoms with E-state index >= 15 is 0 Å². The first-order valence-electron chi connectivity index (χ1n) is 9.39. The summed E-state index contributed by atoms with van der Waals surface area (Å²) < 4.78 is 37.4. The summed E-state index contributed by atoms with van der Waals surface area (Å²) in [5, 5.41) is 21.2. The summed E-state index contributed by atoms with van der Waals surface area (Å²) in [6.45, 7) is -0.427. The van der Waals surface area contributed by atoms with Crippen LogP contribution in [0.5, 0.6) is 11.5 Å². The van der Waals surface area contributed by atoms with Crippen LogP contribution in [0.2, 0.25) is 0 Å². The smallest absolute Gasteiger partial charge is 0.244 e. The van der Waals surface area contributed by atoms with Crippen molar-refractivity contribution in [3.05, 3.63) is 54.2 Å². The molecule has 3 aromatic rings. The van der Waals surface area contributed by atoms with Gasteiger partial charge in [-0.15, -0.1) is 0 Å². The first-order valence-corrected chi connectivity index (χ1v) is 10.9. The predicted octanol–water partition coefficient (Wildman–Crippen LogP) is 2.05. The number of aromatic nitrogens is 2. The minimum Gasteiger partial charge on any atom is -0.495 e. The number of hydrogen-bond acceptors (Lipinski definition) is 9. The Hall–Kier alpha value is -3.72. The molecule has 0 fully saturated rings. The number of anilines is 2. The van der Waals surface area contributed by atoms with Gasteiger partial charge in [-0.3, -0.25) is 0 Å². The quantitative estimate of drug-likeness (QED) is 0.441. The lowest BCUT2D eigenvalue weighted by Crippen LogP contribution is -2.27. The molecule has 0 unspecified atom stereocenters. The van der Waals surface area contributed by atoms with E-state index in [0.29, 0.717) is 28.3 Å².